The molecule has 2 aliphatic rings. The first-order chi connectivity index (χ1) is 13.2. The van der Waals surface area contributed by atoms with Crippen molar-refractivity contribution in [2.45, 2.75) is 25.9 Å². The van der Waals surface area contributed by atoms with E-state index in [1.165, 1.54) is 31.5 Å². The summed E-state index contributed by atoms with van der Waals surface area (Å²) in [6.45, 7) is 4.90. The van der Waals surface area contributed by atoms with E-state index < -0.39 is 0 Å². The highest BCUT2D eigenvalue weighted by molar-refractivity contribution is 6.32. The highest BCUT2D eigenvalue weighted by Crippen LogP contribution is 2.38. The average Bonchev–Trinajstić information content (AvgIpc) is 3.20. The summed E-state index contributed by atoms with van der Waals surface area (Å²) in [5.74, 6) is 0.868. The van der Waals surface area contributed by atoms with E-state index in [9.17, 15) is 4.79 Å². The monoisotopic (exact) mass is 387 g/mol. The molecule has 4 rings (SSSR count). The van der Waals surface area contributed by atoms with Gasteiger partial charge in [0.05, 0.1) is 18.1 Å². The fourth-order valence-electron chi connectivity index (χ4n) is 3.74. The van der Waals surface area contributed by atoms with E-state index in [0.29, 0.717) is 41.8 Å². The number of fused-ring (bicyclic) bond motifs is 1. The van der Waals surface area contributed by atoms with Crippen molar-refractivity contribution < 1.29 is 19.2 Å². The molecule has 27 heavy (non-hydrogen) atoms. The highest BCUT2D eigenvalue weighted by atomic mass is 35.5. The summed E-state index contributed by atoms with van der Waals surface area (Å²) in [6, 6.07) is 11.7. The number of quaternary nitrogens is 1. The standard InChI is InChI=1S/C21H23ClN2O3/c22-18-11-17(12-19-20(18)27-10-9-26-19)21(25)23-13-15-5-1-2-6-16(15)14-24-7-3-4-8-24/h1-2,5-6,11-12H,3-4,7-10,13-14H2,(H,23,25)/p+1. The number of carbonyl (C=O) groups is 1. The van der Waals surface area contributed by atoms with E-state index in [-0.39, 0.29) is 5.91 Å². The molecule has 0 aromatic heterocycles. The van der Waals surface area contributed by atoms with Gasteiger partial charge in [-0.15, -0.1) is 0 Å². The lowest BCUT2D eigenvalue weighted by molar-refractivity contribution is -0.901. The molecular formula is C21H24ClN2O3+. The minimum atomic E-state index is -0.169. The topological polar surface area (TPSA) is 52.0 Å². The molecule has 2 aliphatic heterocycles. The molecular weight excluding hydrogens is 364 g/mol. The molecule has 0 unspecified atom stereocenters. The third-order valence-electron chi connectivity index (χ3n) is 5.17. The van der Waals surface area contributed by atoms with Crippen molar-refractivity contribution in [2.75, 3.05) is 26.3 Å². The number of benzene rings is 2. The Balaban J connectivity index is 1.44. The number of carbonyl (C=O) groups excluding carboxylic acids is 1. The number of halogens is 1. The van der Waals surface area contributed by atoms with E-state index in [2.05, 4.69) is 23.5 Å². The molecule has 2 aromatic rings. The first-order valence-corrected chi connectivity index (χ1v) is 9.86. The van der Waals surface area contributed by atoms with Crippen LogP contribution in [0.5, 0.6) is 11.5 Å². The molecule has 0 atom stereocenters. The Kier molecular flexibility index (Phi) is 5.50. The van der Waals surface area contributed by atoms with Crippen molar-refractivity contribution in [1.82, 2.24) is 5.32 Å². The number of hydrogen-bond acceptors (Lipinski definition) is 3. The van der Waals surface area contributed by atoms with E-state index >= 15 is 0 Å². The molecule has 1 amide bonds. The summed E-state index contributed by atoms with van der Waals surface area (Å²) in [7, 11) is 0. The Bertz CT molecular complexity index is 834. The zero-order chi connectivity index (χ0) is 18.6. The Morgan fingerprint density at radius 1 is 1.07 bits per heavy atom. The number of amides is 1. The van der Waals surface area contributed by atoms with Crippen LogP contribution in [0.2, 0.25) is 5.02 Å². The maximum atomic E-state index is 12.6. The molecule has 5 nitrogen and oxygen atoms in total. The molecule has 1 saturated heterocycles. The van der Waals surface area contributed by atoms with Crippen LogP contribution >= 0.6 is 11.6 Å². The van der Waals surface area contributed by atoms with Crippen molar-refractivity contribution in [3.63, 3.8) is 0 Å². The predicted molar refractivity (Wildman–Crippen MR) is 104 cm³/mol. The summed E-state index contributed by atoms with van der Waals surface area (Å²) in [5.41, 5.74) is 2.94. The zero-order valence-corrected chi connectivity index (χ0v) is 16.0. The van der Waals surface area contributed by atoms with Crippen LogP contribution in [0.3, 0.4) is 0 Å². The van der Waals surface area contributed by atoms with Crippen LogP contribution < -0.4 is 19.7 Å². The van der Waals surface area contributed by atoms with E-state index in [1.54, 1.807) is 17.0 Å². The highest BCUT2D eigenvalue weighted by Gasteiger charge is 2.20. The molecule has 1 fully saturated rings. The van der Waals surface area contributed by atoms with E-state index in [4.69, 9.17) is 21.1 Å². The molecule has 2 N–H and O–H groups in total. The summed E-state index contributed by atoms with van der Waals surface area (Å²) in [4.78, 5) is 14.3. The zero-order valence-electron chi connectivity index (χ0n) is 15.2. The van der Waals surface area contributed by atoms with Gasteiger partial charge in [0.15, 0.2) is 11.5 Å². The molecule has 0 saturated carbocycles. The fraction of sp³-hybridized carbons (Fsp3) is 0.381. The first kappa shape index (κ1) is 18.1. The van der Waals surface area contributed by atoms with Crippen molar-refractivity contribution in [3.05, 3.63) is 58.1 Å². The second-order valence-electron chi connectivity index (χ2n) is 7.07. The first-order valence-electron chi connectivity index (χ1n) is 9.48. The van der Waals surface area contributed by atoms with Crippen molar-refractivity contribution in [3.8, 4) is 11.5 Å². The molecule has 2 heterocycles. The lowest BCUT2D eigenvalue weighted by Crippen LogP contribution is -3.08. The number of ether oxygens (including phenoxy) is 2. The smallest absolute Gasteiger partial charge is 0.251 e. The van der Waals surface area contributed by atoms with Gasteiger partial charge >= 0.3 is 0 Å². The van der Waals surface area contributed by atoms with Crippen molar-refractivity contribution in [1.29, 1.82) is 0 Å². The second kappa shape index (κ2) is 8.19. The van der Waals surface area contributed by atoms with Crippen LogP contribution in [0, 0.1) is 0 Å². The maximum absolute atomic E-state index is 12.6. The van der Waals surface area contributed by atoms with Gasteiger partial charge in [0.1, 0.15) is 19.8 Å². The molecule has 0 aliphatic carbocycles. The minimum Gasteiger partial charge on any atom is -0.486 e. The molecule has 142 valence electrons. The van der Waals surface area contributed by atoms with Crippen LogP contribution in [-0.2, 0) is 13.1 Å². The average molecular weight is 388 g/mol. The maximum Gasteiger partial charge on any atom is 0.251 e. The Hall–Kier alpha value is -2.24. The molecule has 2 aromatic carbocycles. The SMILES string of the molecule is O=C(NCc1ccccc1C[NH+]1CCCC1)c1cc(Cl)c2c(c1)OCCO2. The number of rotatable bonds is 5. The van der Waals surface area contributed by atoms with Gasteiger partial charge in [0.25, 0.3) is 5.91 Å². The van der Waals surface area contributed by atoms with Gasteiger partial charge in [-0.25, -0.2) is 0 Å². The van der Waals surface area contributed by atoms with Gasteiger partial charge in [-0.3, -0.25) is 4.79 Å². The predicted octanol–water partition coefficient (Wildman–Crippen LogP) is 2.22. The van der Waals surface area contributed by atoms with Gasteiger partial charge in [-0.05, 0) is 17.7 Å². The van der Waals surface area contributed by atoms with E-state index in [1.807, 2.05) is 6.07 Å². The van der Waals surface area contributed by atoms with Crippen LogP contribution in [-0.4, -0.2) is 32.2 Å². The number of likely N-dealkylation sites (tertiary alicyclic amines) is 1. The van der Waals surface area contributed by atoms with Gasteiger partial charge in [-0.1, -0.05) is 35.9 Å². The second-order valence-corrected chi connectivity index (χ2v) is 7.47. The van der Waals surface area contributed by atoms with E-state index in [0.717, 1.165) is 12.1 Å². The molecule has 0 bridgehead atoms. The van der Waals surface area contributed by atoms with Crippen LogP contribution in [0.1, 0.15) is 34.3 Å². The normalized spacial score (nSPS) is 16.3. The number of nitrogens with one attached hydrogen (secondary N) is 2. The van der Waals surface area contributed by atoms with Crippen LogP contribution in [0.4, 0.5) is 0 Å². The van der Waals surface area contributed by atoms with Crippen molar-refractivity contribution >= 4 is 17.5 Å². The lowest BCUT2D eigenvalue weighted by atomic mass is 10.1. The van der Waals surface area contributed by atoms with Gasteiger partial charge in [0.2, 0.25) is 0 Å². The van der Waals surface area contributed by atoms with Gasteiger partial charge in [-0.2, -0.15) is 0 Å². The fourth-order valence-corrected chi connectivity index (χ4v) is 4.01. The summed E-state index contributed by atoms with van der Waals surface area (Å²) in [6.07, 6.45) is 2.61. The molecule has 0 radical (unpaired) electrons. The Morgan fingerprint density at radius 3 is 2.63 bits per heavy atom. The third-order valence-corrected chi connectivity index (χ3v) is 5.45. The van der Waals surface area contributed by atoms with Gasteiger partial charge < -0.3 is 19.7 Å². The lowest BCUT2D eigenvalue weighted by Gasteiger charge is -2.20. The largest absolute Gasteiger partial charge is 0.486 e. The third kappa shape index (κ3) is 4.20. The molecule has 0 spiro atoms. The van der Waals surface area contributed by atoms with Crippen LogP contribution in [0.15, 0.2) is 36.4 Å². The Labute approximate surface area is 164 Å². The summed E-state index contributed by atoms with van der Waals surface area (Å²) < 4.78 is 11.1. The Morgan fingerprint density at radius 2 is 1.81 bits per heavy atom. The number of hydrogen-bond donors (Lipinski definition) is 2. The molecule has 6 heteroatoms. The quantitative estimate of drug-likeness (QED) is 0.827. The van der Waals surface area contributed by atoms with Crippen LogP contribution in [0.25, 0.3) is 0 Å². The summed E-state index contributed by atoms with van der Waals surface area (Å²) in [5, 5.41) is 3.41. The van der Waals surface area contributed by atoms with Gasteiger partial charge in [0, 0.05) is 30.5 Å². The summed E-state index contributed by atoms with van der Waals surface area (Å²) >= 11 is 6.24. The van der Waals surface area contributed by atoms with Crippen molar-refractivity contribution in [2.24, 2.45) is 0 Å². The minimum absolute atomic E-state index is 0.169.